The quantitative estimate of drug-likeness (QED) is 0.846. The molecule has 0 radical (unpaired) electrons. The molecule has 1 atom stereocenters. The Morgan fingerprint density at radius 3 is 2.72 bits per heavy atom. The SMILES string of the molecule is CC(NCc1ccncc1)c1ccc(C(=O)O)o1. The molecule has 94 valence electrons. The van der Waals surface area contributed by atoms with Crippen LogP contribution in [0.3, 0.4) is 0 Å². The summed E-state index contributed by atoms with van der Waals surface area (Å²) in [6, 6.07) is 6.93. The Bertz CT molecular complexity index is 522. The minimum atomic E-state index is -1.05. The topological polar surface area (TPSA) is 75.4 Å². The van der Waals surface area contributed by atoms with Gasteiger partial charge in [-0.25, -0.2) is 4.79 Å². The molecule has 2 rings (SSSR count). The van der Waals surface area contributed by atoms with Gasteiger partial charge in [0.15, 0.2) is 0 Å². The van der Waals surface area contributed by atoms with E-state index in [1.807, 2.05) is 19.1 Å². The number of hydrogen-bond acceptors (Lipinski definition) is 4. The highest BCUT2D eigenvalue weighted by molar-refractivity contribution is 5.84. The molecule has 0 aromatic carbocycles. The Kier molecular flexibility index (Phi) is 3.74. The van der Waals surface area contributed by atoms with Gasteiger partial charge in [0.25, 0.3) is 0 Å². The summed E-state index contributed by atoms with van der Waals surface area (Å²) in [6.45, 7) is 2.60. The van der Waals surface area contributed by atoms with Crippen LogP contribution in [-0.4, -0.2) is 16.1 Å². The summed E-state index contributed by atoms with van der Waals surface area (Å²) in [6.07, 6.45) is 3.47. The fourth-order valence-corrected chi connectivity index (χ4v) is 1.57. The first-order valence-corrected chi connectivity index (χ1v) is 5.62. The molecule has 2 aromatic rings. The van der Waals surface area contributed by atoms with Crippen LogP contribution in [0.25, 0.3) is 0 Å². The van der Waals surface area contributed by atoms with Crippen LogP contribution in [0.15, 0.2) is 41.1 Å². The van der Waals surface area contributed by atoms with Gasteiger partial charge in [0.2, 0.25) is 5.76 Å². The average molecular weight is 246 g/mol. The molecule has 2 aromatic heterocycles. The third kappa shape index (κ3) is 2.95. The van der Waals surface area contributed by atoms with Crippen molar-refractivity contribution >= 4 is 5.97 Å². The number of aromatic carboxylic acids is 1. The maximum Gasteiger partial charge on any atom is 0.371 e. The standard InChI is InChI=1S/C13H14N2O3/c1-9(11-2-3-12(18-11)13(16)17)15-8-10-4-6-14-7-5-10/h2-7,9,15H,8H2,1H3,(H,16,17). The van der Waals surface area contributed by atoms with E-state index in [2.05, 4.69) is 10.3 Å². The maximum absolute atomic E-state index is 10.7. The summed E-state index contributed by atoms with van der Waals surface area (Å²) in [5.41, 5.74) is 1.11. The van der Waals surface area contributed by atoms with E-state index in [1.54, 1.807) is 18.5 Å². The molecule has 2 heterocycles. The van der Waals surface area contributed by atoms with Gasteiger partial charge in [0.05, 0.1) is 6.04 Å². The average Bonchev–Trinajstić information content (AvgIpc) is 2.87. The lowest BCUT2D eigenvalue weighted by Crippen LogP contribution is -2.17. The summed E-state index contributed by atoms with van der Waals surface area (Å²) in [7, 11) is 0. The lowest BCUT2D eigenvalue weighted by molar-refractivity contribution is 0.0659. The third-order valence-corrected chi connectivity index (χ3v) is 2.63. The van der Waals surface area contributed by atoms with Gasteiger partial charge in [-0.2, -0.15) is 0 Å². The predicted molar refractivity (Wildman–Crippen MR) is 65.2 cm³/mol. The molecular weight excluding hydrogens is 232 g/mol. The second-order valence-electron chi connectivity index (χ2n) is 3.97. The Labute approximate surface area is 104 Å². The van der Waals surface area contributed by atoms with Crippen LogP contribution in [-0.2, 0) is 6.54 Å². The zero-order valence-electron chi connectivity index (χ0n) is 9.96. The number of rotatable bonds is 5. The van der Waals surface area contributed by atoms with Crippen LogP contribution in [0.2, 0.25) is 0 Å². The molecular formula is C13H14N2O3. The Morgan fingerprint density at radius 2 is 2.11 bits per heavy atom. The number of carboxylic acid groups (broad SMARTS) is 1. The van der Waals surface area contributed by atoms with Crippen LogP contribution in [0.5, 0.6) is 0 Å². The van der Waals surface area contributed by atoms with Gasteiger partial charge in [0.1, 0.15) is 5.76 Å². The molecule has 1 unspecified atom stereocenters. The number of carbonyl (C=O) groups is 1. The van der Waals surface area contributed by atoms with E-state index in [1.165, 1.54) is 6.07 Å². The number of hydrogen-bond donors (Lipinski definition) is 2. The smallest absolute Gasteiger partial charge is 0.371 e. The summed E-state index contributed by atoms with van der Waals surface area (Å²) in [5.74, 6) is -0.480. The third-order valence-electron chi connectivity index (χ3n) is 2.63. The predicted octanol–water partition coefficient (Wildman–Crippen LogP) is 2.22. The van der Waals surface area contributed by atoms with Crippen molar-refractivity contribution in [2.45, 2.75) is 19.5 Å². The zero-order chi connectivity index (χ0) is 13.0. The summed E-state index contributed by atoms with van der Waals surface area (Å²) in [5, 5.41) is 12.0. The van der Waals surface area contributed by atoms with Gasteiger partial charge in [-0.1, -0.05) is 0 Å². The molecule has 0 spiro atoms. The lowest BCUT2D eigenvalue weighted by Gasteiger charge is -2.10. The van der Waals surface area contributed by atoms with Gasteiger partial charge in [0, 0.05) is 18.9 Å². The number of nitrogens with zero attached hydrogens (tertiary/aromatic N) is 1. The van der Waals surface area contributed by atoms with Crippen LogP contribution in [0.4, 0.5) is 0 Å². The highest BCUT2D eigenvalue weighted by Gasteiger charge is 2.13. The van der Waals surface area contributed by atoms with Crippen LogP contribution in [0.1, 0.15) is 34.8 Å². The molecule has 0 aliphatic rings. The Balaban J connectivity index is 1.95. The molecule has 0 aliphatic heterocycles. The maximum atomic E-state index is 10.7. The van der Waals surface area contributed by atoms with Crippen molar-refractivity contribution < 1.29 is 14.3 Å². The van der Waals surface area contributed by atoms with E-state index in [4.69, 9.17) is 9.52 Å². The van der Waals surface area contributed by atoms with E-state index in [0.29, 0.717) is 12.3 Å². The molecule has 5 heteroatoms. The second kappa shape index (κ2) is 5.46. The number of aromatic nitrogens is 1. The molecule has 5 nitrogen and oxygen atoms in total. The van der Waals surface area contributed by atoms with E-state index in [-0.39, 0.29) is 11.8 Å². The van der Waals surface area contributed by atoms with Gasteiger partial charge >= 0.3 is 5.97 Å². The molecule has 0 amide bonds. The van der Waals surface area contributed by atoms with E-state index < -0.39 is 5.97 Å². The zero-order valence-corrected chi connectivity index (χ0v) is 9.96. The van der Waals surface area contributed by atoms with Gasteiger partial charge in [-0.3, -0.25) is 4.98 Å². The normalized spacial score (nSPS) is 12.3. The van der Waals surface area contributed by atoms with Crippen molar-refractivity contribution in [1.82, 2.24) is 10.3 Å². The van der Waals surface area contributed by atoms with Crippen LogP contribution in [0, 0.1) is 0 Å². The van der Waals surface area contributed by atoms with Crippen LogP contribution >= 0.6 is 0 Å². The largest absolute Gasteiger partial charge is 0.475 e. The van der Waals surface area contributed by atoms with Gasteiger partial charge in [-0.15, -0.1) is 0 Å². The molecule has 0 bridgehead atoms. The first-order valence-electron chi connectivity index (χ1n) is 5.62. The molecule has 2 N–H and O–H groups in total. The monoisotopic (exact) mass is 246 g/mol. The highest BCUT2D eigenvalue weighted by atomic mass is 16.4. The highest BCUT2D eigenvalue weighted by Crippen LogP contribution is 2.16. The Morgan fingerprint density at radius 1 is 1.39 bits per heavy atom. The van der Waals surface area contributed by atoms with Crippen molar-refractivity contribution in [3.8, 4) is 0 Å². The summed E-state index contributed by atoms with van der Waals surface area (Å²) < 4.78 is 5.22. The fourth-order valence-electron chi connectivity index (χ4n) is 1.57. The van der Waals surface area contributed by atoms with Gasteiger partial charge < -0.3 is 14.8 Å². The fraction of sp³-hybridized carbons (Fsp3) is 0.231. The molecule has 0 saturated heterocycles. The first-order chi connectivity index (χ1) is 8.66. The van der Waals surface area contributed by atoms with Crippen molar-refractivity contribution in [3.05, 3.63) is 53.7 Å². The summed E-state index contributed by atoms with van der Waals surface area (Å²) in [4.78, 5) is 14.6. The molecule has 0 saturated carbocycles. The van der Waals surface area contributed by atoms with Crippen molar-refractivity contribution in [2.75, 3.05) is 0 Å². The number of nitrogens with one attached hydrogen (secondary N) is 1. The molecule has 0 aliphatic carbocycles. The molecule has 0 fully saturated rings. The van der Waals surface area contributed by atoms with E-state index >= 15 is 0 Å². The van der Waals surface area contributed by atoms with Crippen molar-refractivity contribution in [2.24, 2.45) is 0 Å². The Hall–Kier alpha value is -2.14. The number of pyridine rings is 1. The van der Waals surface area contributed by atoms with Gasteiger partial charge in [-0.05, 0) is 36.8 Å². The second-order valence-corrected chi connectivity index (χ2v) is 3.97. The van der Waals surface area contributed by atoms with Crippen LogP contribution < -0.4 is 5.32 Å². The van der Waals surface area contributed by atoms with Crippen molar-refractivity contribution in [3.63, 3.8) is 0 Å². The minimum absolute atomic E-state index is 0.0393. The minimum Gasteiger partial charge on any atom is -0.475 e. The van der Waals surface area contributed by atoms with E-state index in [0.717, 1.165) is 5.56 Å². The summed E-state index contributed by atoms with van der Waals surface area (Å²) >= 11 is 0. The number of furan rings is 1. The van der Waals surface area contributed by atoms with E-state index in [9.17, 15) is 4.79 Å². The lowest BCUT2D eigenvalue weighted by atomic mass is 10.2. The number of carboxylic acids is 1. The first kappa shape index (κ1) is 12.3. The van der Waals surface area contributed by atoms with Crippen molar-refractivity contribution in [1.29, 1.82) is 0 Å². The molecule has 18 heavy (non-hydrogen) atoms.